The lowest BCUT2D eigenvalue weighted by Crippen LogP contribution is -2.07. The monoisotopic (exact) mass is 218 g/mol. The Balaban J connectivity index is 2.23. The third-order valence-corrected chi connectivity index (χ3v) is 2.02. The van der Waals surface area contributed by atoms with Gasteiger partial charge in [-0.15, -0.1) is 5.10 Å². The van der Waals surface area contributed by atoms with Gasteiger partial charge in [-0.25, -0.2) is 4.79 Å². The van der Waals surface area contributed by atoms with Gasteiger partial charge in [0.25, 0.3) is 0 Å². The lowest BCUT2D eigenvalue weighted by atomic mass is 10.3. The van der Waals surface area contributed by atoms with Gasteiger partial charge in [0.1, 0.15) is 0 Å². The average molecular weight is 218 g/mol. The highest BCUT2D eigenvalue weighted by atomic mass is 16.7. The van der Waals surface area contributed by atoms with E-state index in [-0.39, 0.29) is 5.69 Å². The molecule has 5 heteroatoms. The number of aryl methyl sites for hydroxylation is 1. The summed E-state index contributed by atoms with van der Waals surface area (Å²) < 4.78 is 0. The summed E-state index contributed by atoms with van der Waals surface area (Å²) in [6.45, 7) is 1.67. The molecular formula is C11H10N2O3. The molecule has 0 unspecified atom stereocenters. The van der Waals surface area contributed by atoms with Crippen molar-refractivity contribution >= 4 is 5.97 Å². The Morgan fingerprint density at radius 2 is 2.06 bits per heavy atom. The zero-order chi connectivity index (χ0) is 11.5. The Morgan fingerprint density at radius 3 is 2.62 bits per heavy atom. The fraction of sp³-hybridized carbons (Fsp3) is 0.0909. The predicted octanol–water partition coefficient (Wildman–Crippen LogP) is 1.73. The molecule has 1 aromatic carbocycles. The van der Waals surface area contributed by atoms with Crippen molar-refractivity contribution < 1.29 is 14.7 Å². The molecule has 1 N–H and O–H groups in total. The van der Waals surface area contributed by atoms with E-state index in [0.29, 0.717) is 11.3 Å². The molecule has 0 aliphatic carbocycles. The third-order valence-electron chi connectivity index (χ3n) is 2.02. The number of para-hydroxylation sites is 1. The zero-order valence-corrected chi connectivity index (χ0v) is 8.62. The number of hydrogen-bond donors (Lipinski definition) is 1. The molecule has 0 saturated heterocycles. The molecule has 0 amide bonds. The molecule has 0 bridgehead atoms. The molecule has 0 saturated carbocycles. The van der Waals surface area contributed by atoms with Crippen molar-refractivity contribution in [1.82, 2.24) is 9.94 Å². The Bertz CT molecular complexity index is 505. The summed E-state index contributed by atoms with van der Waals surface area (Å²) in [6, 6.07) is 9.03. The van der Waals surface area contributed by atoms with E-state index < -0.39 is 5.97 Å². The van der Waals surface area contributed by atoms with Gasteiger partial charge in [-0.3, -0.25) is 0 Å². The highest BCUT2D eigenvalue weighted by Gasteiger charge is 2.12. The number of benzene rings is 1. The van der Waals surface area contributed by atoms with E-state index in [1.807, 2.05) is 18.2 Å². The minimum Gasteiger partial charge on any atom is -0.476 e. The van der Waals surface area contributed by atoms with Crippen LogP contribution < -0.4 is 4.84 Å². The molecule has 2 aromatic rings. The topological polar surface area (TPSA) is 64.4 Å². The molecule has 0 fully saturated rings. The maximum Gasteiger partial charge on any atom is 0.356 e. The van der Waals surface area contributed by atoms with Crippen LogP contribution in [0.2, 0.25) is 0 Å². The molecule has 0 atom stereocenters. The third kappa shape index (κ3) is 2.03. The van der Waals surface area contributed by atoms with Crippen LogP contribution in [0.5, 0.6) is 5.75 Å². The average Bonchev–Trinajstić information content (AvgIpc) is 2.61. The van der Waals surface area contributed by atoms with Crippen molar-refractivity contribution in [3.05, 3.63) is 47.8 Å². The minimum atomic E-state index is -1.06. The quantitative estimate of drug-likeness (QED) is 0.852. The summed E-state index contributed by atoms with van der Waals surface area (Å²) in [5.41, 5.74) is 0.555. The van der Waals surface area contributed by atoms with Gasteiger partial charge in [-0.2, -0.15) is 0 Å². The van der Waals surface area contributed by atoms with E-state index in [1.165, 1.54) is 6.20 Å². The SMILES string of the molecule is Cc1cn(Oc2ccccc2)nc1C(=O)O. The van der Waals surface area contributed by atoms with Crippen molar-refractivity contribution in [2.75, 3.05) is 0 Å². The molecule has 2 rings (SSSR count). The van der Waals surface area contributed by atoms with E-state index in [0.717, 1.165) is 4.85 Å². The molecule has 1 heterocycles. The number of carbonyl (C=O) groups is 1. The Morgan fingerprint density at radius 1 is 1.38 bits per heavy atom. The summed E-state index contributed by atoms with van der Waals surface area (Å²) in [5.74, 6) is -0.463. The van der Waals surface area contributed by atoms with Crippen molar-refractivity contribution in [3.63, 3.8) is 0 Å². The largest absolute Gasteiger partial charge is 0.476 e. The van der Waals surface area contributed by atoms with Crippen LogP contribution in [0.4, 0.5) is 0 Å². The zero-order valence-electron chi connectivity index (χ0n) is 8.62. The minimum absolute atomic E-state index is 0.00377. The second kappa shape index (κ2) is 4.06. The number of aromatic carboxylic acids is 1. The van der Waals surface area contributed by atoms with E-state index in [9.17, 15) is 4.79 Å². The second-order valence-corrected chi connectivity index (χ2v) is 3.27. The van der Waals surface area contributed by atoms with Crippen LogP contribution in [-0.4, -0.2) is 21.0 Å². The van der Waals surface area contributed by atoms with Crippen LogP contribution in [-0.2, 0) is 0 Å². The first-order chi connectivity index (χ1) is 7.66. The molecular weight excluding hydrogens is 208 g/mol. The highest BCUT2D eigenvalue weighted by molar-refractivity contribution is 5.86. The van der Waals surface area contributed by atoms with Gasteiger partial charge in [0.15, 0.2) is 11.4 Å². The maximum atomic E-state index is 10.8. The fourth-order valence-corrected chi connectivity index (χ4v) is 1.28. The smallest absolute Gasteiger partial charge is 0.356 e. The lowest BCUT2D eigenvalue weighted by molar-refractivity contribution is 0.0682. The van der Waals surface area contributed by atoms with Crippen molar-refractivity contribution in [2.24, 2.45) is 0 Å². The van der Waals surface area contributed by atoms with E-state index >= 15 is 0 Å². The van der Waals surface area contributed by atoms with E-state index in [1.54, 1.807) is 19.1 Å². The lowest BCUT2D eigenvalue weighted by Gasteiger charge is -2.02. The van der Waals surface area contributed by atoms with Crippen molar-refractivity contribution in [1.29, 1.82) is 0 Å². The van der Waals surface area contributed by atoms with Gasteiger partial charge < -0.3 is 9.94 Å². The Kier molecular flexibility index (Phi) is 2.59. The van der Waals surface area contributed by atoms with E-state index in [4.69, 9.17) is 9.94 Å². The number of carboxylic acid groups (broad SMARTS) is 1. The summed E-state index contributed by atoms with van der Waals surface area (Å²) in [6.07, 6.45) is 1.52. The first-order valence-electron chi connectivity index (χ1n) is 4.70. The second-order valence-electron chi connectivity index (χ2n) is 3.27. The summed E-state index contributed by atoms with van der Waals surface area (Å²) in [5, 5.41) is 12.6. The molecule has 82 valence electrons. The first kappa shape index (κ1) is 10.2. The van der Waals surface area contributed by atoms with Crippen LogP contribution in [0.15, 0.2) is 36.5 Å². The van der Waals surface area contributed by atoms with Crippen LogP contribution in [0.25, 0.3) is 0 Å². The number of carboxylic acids is 1. The van der Waals surface area contributed by atoms with Gasteiger partial charge in [-0.05, 0) is 19.1 Å². The number of hydrogen-bond acceptors (Lipinski definition) is 3. The van der Waals surface area contributed by atoms with Crippen LogP contribution in [0.3, 0.4) is 0 Å². The molecule has 1 aromatic heterocycles. The fourth-order valence-electron chi connectivity index (χ4n) is 1.28. The molecule has 5 nitrogen and oxygen atoms in total. The molecule has 0 aliphatic heterocycles. The van der Waals surface area contributed by atoms with Gasteiger partial charge >= 0.3 is 5.97 Å². The van der Waals surface area contributed by atoms with Gasteiger partial charge in [0.2, 0.25) is 0 Å². The van der Waals surface area contributed by atoms with E-state index in [2.05, 4.69) is 5.10 Å². The number of aromatic nitrogens is 2. The van der Waals surface area contributed by atoms with Crippen LogP contribution in [0, 0.1) is 6.92 Å². The number of rotatable bonds is 3. The summed E-state index contributed by atoms with van der Waals surface area (Å²) >= 11 is 0. The first-order valence-corrected chi connectivity index (χ1v) is 4.70. The molecule has 0 aliphatic rings. The molecule has 16 heavy (non-hydrogen) atoms. The summed E-state index contributed by atoms with van der Waals surface area (Å²) in [4.78, 5) is 17.2. The van der Waals surface area contributed by atoms with Crippen LogP contribution in [0.1, 0.15) is 16.1 Å². The summed E-state index contributed by atoms with van der Waals surface area (Å²) in [7, 11) is 0. The number of nitrogens with zero attached hydrogens (tertiary/aromatic N) is 2. The Labute approximate surface area is 91.8 Å². The molecule has 0 spiro atoms. The maximum absolute atomic E-state index is 10.8. The van der Waals surface area contributed by atoms with Crippen molar-refractivity contribution in [2.45, 2.75) is 6.92 Å². The van der Waals surface area contributed by atoms with Crippen LogP contribution >= 0.6 is 0 Å². The predicted molar refractivity (Wildman–Crippen MR) is 56.4 cm³/mol. The van der Waals surface area contributed by atoms with Gasteiger partial charge in [0, 0.05) is 5.56 Å². The van der Waals surface area contributed by atoms with Gasteiger partial charge in [-0.1, -0.05) is 23.0 Å². The van der Waals surface area contributed by atoms with Gasteiger partial charge in [0.05, 0.1) is 6.20 Å². The highest BCUT2D eigenvalue weighted by Crippen LogP contribution is 2.11. The standard InChI is InChI=1S/C11H10N2O3/c1-8-7-13(12-10(8)11(14)15)16-9-5-3-2-4-6-9/h2-7H,1H3,(H,14,15). The molecule has 0 radical (unpaired) electrons. The normalized spacial score (nSPS) is 10.1. The Hall–Kier alpha value is -2.30. The van der Waals surface area contributed by atoms with Crippen molar-refractivity contribution in [3.8, 4) is 5.75 Å².